The molecule has 18 heavy (non-hydrogen) atoms. The van der Waals surface area contributed by atoms with Crippen LogP contribution in [0.5, 0.6) is 5.75 Å². The van der Waals surface area contributed by atoms with Crippen LogP contribution in [0.25, 0.3) is 0 Å². The molecular formula is C12H19NO3S2. The van der Waals surface area contributed by atoms with Crippen LogP contribution in [-0.4, -0.2) is 33.3 Å². The van der Waals surface area contributed by atoms with Gasteiger partial charge in [-0.1, -0.05) is 6.07 Å². The highest BCUT2D eigenvalue weighted by Crippen LogP contribution is 2.33. The van der Waals surface area contributed by atoms with Crippen molar-refractivity contribution in [3.05, 3.63) is 23.8 Å². The zero-order valence-corrected chi connectivity index (χ0v) is 12.5. The number of methoxy groups -OCH3 is 1. The Balaban J connectivity index is 2.88. The van der Waals surface area contributed by atoms with Gasteiger partial charge in [0.15, 0.2) is 0 Å². The first-order valence-corrected chi connectivity index (χ1v) is 8.62. The summed E-state index contributed by atoms with van der Waals surface area (Å²) in [4.78, 5) is 0.980. The number of sulfone groups is 1. The molecule has 0 aliphatic rings. The number of rotatable bonds is 6. The highest BCUT2D eigenvalue weighted by molar-refractivity contribution is 8.00. The SMILES string of the molecule is COc1cccc(SCCS(C)(=O)=O)c1[C@H](C)N. The van der Waals surface area contributed by atoms with Gasteiger partial charge in [-0.25, -0.2) is 8.42 Å². The van der Waals surface area contributed by atoms with E-state index in [-0.39, 0.29) is 11.8 Å². The van der Waals surface area contributed by atoms with E-state index in [4.69, 9.17) is 10.5 Å². The predicted octanol–water partition coefficient (Wildman–Crippen LogP) is 1.85. The summed E-state index contributed by atoms with van der Waals surface area (Å²) in [5, 5.41) is 0. The average Bonchev–Trinajstić information content (AvgIpc) is 2.26. The number of hydrogen-bond donors (Lipinski definition) is 1. The minimum atomic E-state index is -2.93. The zero-order chi connectivity index (χ0) is 13.8. The molecule has 1 aromatic carbocycles. The van der Waals surface area contributed by atoms with Crippen molar-refractivity contribution in [3.8, 4) is 5.75 Å². The van der Waals surface area contributed by atoms with Gasteiger partial charge in [-0.3, -0.25) is 0 Å². The monoisotopic (exact) mass is 289 g/mol. The van der Waals surface area contributed by atoms with E-state index in [1.807, 2.05) is 25.1 Å². The molecule has 1 atom stereocenters. The van der Waals surface area contributed by atoms with Crippen LogP contribution >= 0.6 is 11.8 Å². The molecule has 0 amide bonds. The summed E-state index contributed by atoms with van der Waals surface area (Å²) in [5.74, 6) is 1.42. The molecule has 0 aromatic heterocycles. The fourth-order valence-corrected chi connectivity index (χ4v) is 3.96. The van der Waals surface area contributed by atoms with E-state index in [0.29, 0.717) is 5.75 Å². The van der Waals surface area contributed by atoms with Gasteiger partial charge in [0, 0.05) is 28.5 Å². The van der Waals surface area contributed by atoms with Crippen LogP contribution in [-0.2, 0) is 9.84 Å². The van der Waals surface area contributed by atoms with E-state index < -0.39 is 9.84 Å². The van der Waals surface area contributed by atoms with E-state index in [9.17, 15) is 8.42 Å². The highest BCUT2D eigenvalue weighted by Gasteiger charge is 2.14. The Morgan fingerprint density at radius 1 is 1.44 bits per heavy atom. The van der Waals surface area contributed by atoms with Gasteiger partial charge in [0.1, 0.15) is 15.6 Å². The summed E-state index contributed by atoms with van der Waals surface area (Å²) in [5.41, 5.74) is 6.87. The third-order valence-corrected chi connectivity index (χ3v) is 4.69. The van der Waals surface area contributed by atoms with E-state index in [0.717, 1.165) is 16.2 Å². The van der Waals surface area contributed by atoms with Crippen molar-refractivity contribution in [2.24, 2.45) is 5.73 Å². The summed E-state index contributed by atoms with van der Waals surface area (Å²) in [6, 6.07) is 5.53. The van der Waals surface area contributed by atoms with Crippen LogP contribution in [0, 0.1) is 0 Å². The maximum absolute atomic E-state index is 11.1. The Labute approximate surface area is 113 Å². The van der Waals surface area contributed by atoms with Gasteiger partial charge in [0.05, 0.1) is 12.9 Å². The second-order valence-electron chi connectivity index (χ2n) is 4.14. The number of nitrogens with two attached hydrogens (primary N) is 1. The first kappa shape index (κ1) is 15.3. The van der Waals surface area contributed by atoms with E-state index in [2.05, 4.69) is 0 Å². The van der Waals surface area contributed by atoms with Crippen molar-refractivity contribution in [1.29, 1.82) is 0 Å². The topological polar surface area (TPSA) is 69.4 Å². The molecular weight excluding hydrogens is 270 g/mol. The minimum absolute atomic E-state index is 0.151. The Morgan fingerprint density at radius 3 is 2.61 bits per heavy atom. The van der Waals surface area contributed by atoms with Crippen LogP contribution in [0.1, 0.15) is 18.5 Å². The van der Waals surface area contributed by atoms with Crippen LogP contribution in [0.2, 0.25) is 0 Å². The van der Waals surface area contributed by atoms with E-state index in [1.54, 1.807) is 7.11 Å². The summed E-state index contributed by atoms with van der Waals surface area (Å²) in [6.45, 7) is 1.89. The van der Waals surface area contributed by atoms with Crippen molar-refractivity contribution in [3.63, 3.8) is 0 Å². The predicted molar refractivity (Wildman–Crippen MR) is 76.0 cm³/mol. The molecule has 1 rings (SSSR count). The number of ether oxygens (including phenoxy) is 1. The van der Waals surface area contributed by atoms with Gasteiger partial charge in [-0.05, 0) is 19.1 Å². The van der Waals surface area contributed by atoms with E-state index in [1.165, 1.54) is 18.0 Å². The largest absolute Gasteiger partial charge is 0.496 e. The fourth-order valence-electron chi connectivity index (χ4n) is 1.58. The molecule has 6 heteroatoms. The Morgan fingerprint density at radius 2 is 2.11 bits per heavy atom. The van der Waals surface area contributed by atoms with Crippen molar-refractivity contribution in [2.45, 2.75) is 17.9 Å². The number of thioether (sulfide) groups is 1. The summed E-state index contributed by atoms with van der Waals surface area (Å²) in [7, 11) is -1.32. The van der Waals surface area contributed by atoms with Gasteiger partial charge in [0.2, 0.25) is 0 Å². The average molecular weight is 289 g/mol. The maximum atomic E-state index is 11.1. The molecule has 0 aliphatic heterocycles. The molecule has 2 N–H and O–H groups in total. The smallest absolute Gasteiger partial charge is 0.148 e. The fraction of sp³-hybridized carbons (Fsp3) is 0.500. The quantitative estimate of drug-likeness (QED) is 0.809. The standard InChI is InChI=1S/C12H19NO3S2/c1-9(13)12-10(16-2)5-4-6-11(12)17-7-8-18(3,14)15/h4-6,9H,7-8,13H2,1-3H3/t9-/m0/s1. The highest BCUT2D eigenvalue weighted by atomic mass is 32.2. The zero-order valence-electron chi connectivity index (χ0n) is 10.8. The lowest BCUT2D eigenvalue weighted by molar-refractivity contribution is 0.405. The lowest BCUT2D eigenvalue weighted by Crippen LogP contribution is -2.10. The van der Waals surface area contributed by atoms with Gasteiger partial charge < -0.3 is 10.5 Å². The second-order valence-corrected chi connectivity index (χ2v) is 7.54. The van der Waals surface area contributed by atoms with Crippen molar-refractivity contribution < 1.29 is 13.2 Å². The molecule has 4 nitrogen and oxygen atoms in total. The first-order chi connectivity index (χ1) is 8.35. The molecule has 0 saturated carbocycles. The summed E-state index contributed by atoms with van der Waals surface area (Å²) >= 11 is 1.49. The maximum Gasteiger partial charge on any atom is 0.148 e. The third kappa shape index (κ3) is 4.51. The molecule has 102 valence electrons. The Kier molecular flexibility index (Phi) is 5.49. The minimum Gasteiger partial charge on any atom is -0.496 e. The lowest BCUT2D eigenvalue weighted by Gasteiger charge is -2.16. The van der Waals surface area contributed by atoms with Gasteiger partial charge in [-0.15, -0.1) is 11.8 Å². The Hall–Kier alpha value is -0.720. The normalized spacial score (nSPS) is 13.3. The van der Waals surface area contributed by atoms with Crippen LogP contribution < -0.4 is 10.5 Å². The van der Waals surface area contributed by atoms with Gasteiger partial charge >= 0.3 is 0 Å². The molecule has 0 saturated heterocycles. The van der Waals surface area contributed by atoms with Crippen molar-refractivity contribution in [2.75, 3.05) is 24.9 Å². The molecule has 0 aliphatic carbocycles. The van der Waals surface area contributed by atoms with Crippen LogP contribution in [0.4, 0.5) is 0 Å². The van der Waals surface area contributed by atoms with Crippen LogP contribution in [0.3, 0.4) is 0 Å². The van der Waals surface area contributed by atoms with Crippen molar-refractivity contribution in [1.82, 2.24) is 0 Å². The summed E-state index contributed by atoms with van der Waals surface area (Å²) in [6.07, 6.45) is 1.24. The number of hydrogen-bond acceptors (Lipinski definition) is 5. The second kappa shape index (κ2) is 6.45. The number of benzene rings is 1. The van der Waals surface area contributed by atoms with Crippen molar-refractivity contribution >= 4 is 21.6 Å². The Bertz CT molecular complexity index is 498. The van der Waals surface area contributed by atoms with E-state index >= 15 is 0 Å². The molecule has 0 fully saturated rings. The molecule has 0 unspecified atom stereocenters. The summed E-state index contributed by atoms with van der Waals surface area (Å²) < 4.78 is 27.5. The third-order valence-electron chi connectivity index (χ3n) is 2.41. The molecule has 0 spiro atoms. The lowest BCUT2D eigenvalue weighted by atomic mass is 10.1. The van der Waals surface area contributed by atoms with Gasteiger partial charge in [0.25, 0.3) is 0 Å². The first-order valence-electron chi connectivity index (χ1n) is 5.58. The molecule has 0 heterocycles. The van der Waals surface area contributed by atoms with Gasteiger partial charge in [-0.2, -0.15) is 0 Å². The molecule has 1 aromatic rings. The van der Waals surface area contributed by atoms with Crippen LogP contribution in [0.15, 0.2) is 23.1 Å². The molecule has 0 bridgehead atoms. The molecule has 0 radical (unpaired) electrons.